The second-order valence-corrected chi connectivity index (χ2v) is 5.20. The van der Waals surface area contributed by atoms with Gasteiger partial charge in [-0.1, -0.05) is 29.8 Å². The van der Waals surface area contributed by atoms with Crippen molar-refractivity contribution in [2.45, 2.75) is 46.2 Å². The Kier molecular flexibility index (Phi) is 5.35. The average Bonchev–Trinajstić information content (AvgIpc) is 2.28. The van der Waals surface area contributed by atoms with E-state index in [4.69, 9.17) is 4.74 Å². The molecular weight excluding hydrogens is 226 g/mol. The molecule has 0 aliphatic rings. The van der Waals surface area contributed by atoms with Crippen LogP contribution in [0.5, 0.6) is 0 Å². The molecule has 1 aromatic rings. The van der Waals surface area contributed by atoms with Crippen LogP contribution < -0.4 is 5.32 Å². The van der Waals surface area contributed by atoms with Gasteiger partial charge in [-0.25, -0.2) is 0 Å². The van der Waals surface area contributed by atoms with E-state index < -0.39 is 0 Å². The van der Waals surface area contributed by atoms with Gasteiger partial charge in [-0.05, 0) is 33.3 Å². The first-order chi connectivity index (χ1) is 8.43. The summed E-state index contributed by atoms with van der Waals surface area (Å²) in [5.74, 6) is -0.154. The molecule has 0 heterocycles. The summed E-state index contributed by atoms with van der Waals surface area (Å²) in [6, 6.07) is 8.39. The molecule has 0 spiro atoms. The van der Waals surface area contributed by atoms with Crippen LogP contribution in [0, 0.1) is 6.92 Å². The Morgan fingerprint density at radius 2 is 1.89 bits per heavy atom. The summed E-state index contributed by atoms with van der Waals surface area (Å²) in [7, 11) is 0. The Balaban J connectivity index is 2.45. The van der Waals surface area contributed by atoms with Crippen molar-refractivity contribution in [1.82, 2.24) is 5.32 Å². The predicted molar refractivity (Wildman–Crippen MR) is 73.3 cm³/mol. The molecule has 0 fully saturated rings. The zero-order valence-electron chi connectivity index (χ0n) is 11.7. The standard InChI is InChI=1S/C15H23NO2/c1-5-18-14(17)10-15(3,4)16-11-13-8-6-12(2)7-9-13/h6-9,16H,5,10-11H2,1-4H3. The Labute approximate surface area is 110 Å². The molecule has 1 aromatic carbocycles. The van der Waals surface area contributed by atoms with Crippen LogP contribution in [0.4, 0.5) is 0 Å². The molecule has 1 N–H and O–H groups in total. The first kappa shape index (κ1) is 14.7. The lowest BCUT2D eigenvalue weighted by atomic mass is 10.00. The topological polar surface area (TPSA) is 38.3 Å². The summed E-state index contributed by atoms with van der Waals surface area (Å²) in [5, 5.41) is 3.38. The number of ether oxygens (including phenoxy) is 1. The van der Waals surface area contributed by atoms with Crippen molar-refractivity contribution in [1.29, 1.82) is 0 Å². The van der Waals surface area contributed by atoms with E-state index in [1.807, 2.05) is 20.8 Å². The van der Waals surface area contributed by atoms with Gasteiger partial charge in [-0.3, -0.25) is 4.79 Å². The second-order valence-electron chi connectivity index (χ2n) is 5.20. The molecule has 18 heavy (non-hydrogen) atoms. The fourth-order valence-electron chi connectivity index (χ4n) is 1.68. The maximum atomic E-state index is 11.5. The van der Waals surface area contributed by atoms with E-state index in [1.165, 1.54) is 11.1 Å². The number of carbonyl (C=O) groups excluding carboxylic acids is 1. The van der Waals surface area contributed by atoms with Crippen molar-refractivity contribution >= 4 is 5.97 Å². The van der Waals surface area contributed by atoms with E-state index in [2.05, 4.69) is 36.5 Å². The molecule has 3 nitrogen and oxygen atoms in total. The summed E-state index contributed by atoms with van der Waals surface area (Å²) < 4.78 is 4.97. The lowest BCUT2D eigenvalue weighted by Gasteiger charge is -2.25. The lowest BCUT2D eigenvalue weighted by molar-refractivity contribution is -0.144. The van der Waals surface area contributed by atoms with Crippen molar-refractivity contribution in [2.24, 2.45) is 0 Å². The Bertz CT molecular complexity index is 382. The molecule has 1 rings (SSSR count). The quantitative estimate of drug-likeness (QED) is 0.788. The summed E-state index contributed by atoms with van der Waals surface area (Å²) in [5.41, 5.74) is 2.22. The fraction of sp³-hybridized carbons (Fsp3) is 0.533. The van der Waals surface area contributed by atoms with Crippen LogP contribution in [0.3, 0.4) is 0 Å². The van der Waals surface area contributed by atoms with Gasteiger partial charge in [0.25, 0.3) is 0 Å². The maximum Gasteiger partial charge on any atom is 0.307 e. The number of aryl methyl sites for hydroxylation is 1. The van der Waals surface area contributed by atoms with Crippen molar-refractivity contribution in [3.05, 3.63) is 35.4 Å². The van der Waals surface area contributed by atoms with Crippen LogP contribution >= 0.6 is 0 Å². The molecule has 0 aliphatic heterocycles. The SMILES string of the molecule is CCOC(=O)CC(C)(C)NCc1ccc(C)cc1. The minimum Gasteiger partial charge on any atom is -0.466 e. The highest BCUT2D eigenvalue weighted by Crippen LogP contribution is 2.11. The van der Waals surface area contributed by atoms with Gasteiger partial charge >= 0.3 is 5.97 Å². The zero-order chi connectivity index (χ0) is 13.6. The molecule has 0 aliphatic carbocycles. The highest BCUT2D eigenvalue weighted by atomic mass is 16.5. The van der Waals surface area contributed by atoms with Gasteiger partial charge in [-0.15, -0.1) is 0 Å². The van der Waals surface area contributed by atoms with Crippen LogP contribution in [0.25, 0.3) is 0 Å². The Hall–Kier alpha value is -1.35. The molecule has 0 bridgehead atoms. The summed E-state index contributed by atoms with van der Waals surface area (Å²) in [6.45, 7) is 9.11. The van der Waals surface area contributed by atoms with Crippen molar-refractivity contribution in [2.75, 3.05) is 6.61 Å². The molecule has 0 aromatic heterocycles. The largest absolute Gasteiger partial charge is 0.466 e. The van der Waals surface area contributed by atoms with E-state index in [1.54, 1.807) is 0 Å². The third-order valence-electron chi connectivity index (χ3n) is 2.78. The molecule has 0 atom stereocenters. The van der Waals surface area contributed by atoms with E-state index in [-0.39, 0.29) is 11.5 Å². The highest BCUT2D eigenvalue weighted by Gasteiger charge is 2.21. The number of hydrogen-bond acceptors (Lipinski definition) is 3. The van der Waals surface area contributed by atoms with Crippen molar-refractivity contribution in [3.63, 3.8) is 0 Å². The smallest absolute Gasteiger partial charge is 0.307 e. The predicted octanol–water partition coefficient (Wildman–Crippen LogP) is 2.82. The number of carbonyl (C=O) groups is 1. The summed E-state index contributed by atoms with van der Waals surface area (Å²) in [6.07, 6.45) is 0.382. The number of rotatable bonds is 6. The van der Waals surface area contributed by atoms with E-state index in [9.17, 15) is 4.79 Å². The van der Waals surface area contributed by atoms with Gasteiger partial charge in [0.05, 0.1) is 13.0 Å². The van der Waals surface area contributed by atoms with Crippen LogP contribution in [-0.4, -0.2) is 18.1 Å². The number of hydrogen-bond donors (Lipinski definition) is 1. The van der Waals surface area contributed by atoms with Gasteiger partial charge < -0.3 is 10.1 Å². The molecule has 3 heteroatoms. The van der Waals surface area contributed by atoms with Crippen LogP contribution in [0.15, 0.2) is 24.3 Å². The third-order valence-corrected chi connectivity index (χ3v) is 2.78. The van der Waals surface area contributed by atoms with Gasteiger partial charge in [-0.2, -0.15) is 0 Å². The molecular formula is C15H23NO2. The zero-order valence-corrected chi connectivity index (χ0v) is 11.7. The molecule has 0 saturated carbocycles. The minimum absolute atomic E-state index is 0.154. The second kappa shape index (κ2) is 6.55. The summed E-state index contributed by atoms with van der Waals surface area (Å²) in [4.78, 5) is 11.5. The van der Waals surface area contributed by atoms with Crippen LogP contribution in [0.2, 0.25) is 0 Å². The summed E-state index contributed by atoms with van der Waals surface area (Å²) >= 11 is 0. The lowest BCUT2D eigenvalue weighted by Crippen LogP contribution is -2.41. The first-order valence-electron chi connectivity index (χ1n) is 6.39. The molecule has 0 radical (unpaired) electrons. The molecule has 100 valence electrons. The number of esters is 1. The molecule has 0 unspecified atom stereocenters. The van der Waals surface area contributed by atoms with E-state index in [0.717, 1.165) is 6.54 Å². The Morgan fingerprint density at radius 3 is 2.44 bits per heavy atom. The van der Waals surface area contributed by atoms with Gasteiger partial charge in [0.1, 0.15) is 0 Å². The van der Waals surface area contributed by atoms with E-state index >= 15 is 0 Å². The molecule has 0 saturated heterocycles. The minimum atomic E-state index is -0.253. The van der Waals surface area contributed by atoms with Crippen molar-refractivity contribution < 1.29 is 9.53 Å². The van der Waals surface area contributed by atoms with Crippen molar-refractivity contribution in [3.8, 4) is 0 Å². The number of nitrogens with one attached hydrogen (secondary N) is 1. The van der Waals surface area contributed by atoms with Gasteiger partial charge in [0, 0.05) is 12.1 Å². The van der Waals surface area contributed by atoms with Gasteiger partial charge in [0.2, 0.25) is 0 Å². The highest BCUT2D eigenvalue weighted by molar-refractivity contribution is 5.70. The first-order valence-corrected chi connectivity index (χ1v) is 6.39. The Morgan fingerprint density at radius 1 is 1.28 bits per heavy atom. The fourth-order valence-corrected chi connectivity index (χ4v) is 1.68. The van der Waals surface area contributed by atoms with E-state index in [0.29, 0.717) is 13.0 Å². The number of benzene rings is 1. The normalized spacial score (nSPS) is 11.3. The monoisotopic (exact) mass is 249 g/mol. The third kappa shape index (κ3) is 5.32. The maximum absolute atomic E-state index is 11.5. The van der Waals surface area contributed by atoms with Crippen LogP contribution in [0.1, 0.15) is 38.3 Å². The van der Waals surface area contributed by atoms with Gasteiger partial charge in [0.15, 0.2) is 0 Å². The average molecular weight is 249 g/mol. The van der Waals surface area contributed by atoms with Crippen LogP contribution in [-0.2, 0) is 16.1 Å². The molecule has 0 amide bonds.